The van der Waals surface area contributed by atoms with Crippen LogP contribution in [0.25, 0.3) is 0 Å². The van der Waals surface area contributed by atoms with Crippen LogP contribution in [0.3, 0.4) is 0 Å². The molecular formula is C25H24N2O4. The largest absolute Gasteiger partial charge is 0.497 e. The molecule has 0 bridgehead atoms. The summed E-state index contributed by atoms with van der Waals surface area (Å²) in [6.45, 7) is 3.75. The molecule has 0 atom stereocenters. The van der Waals surface area contributed by atoms with E-state index < -0.39 is 5.54 Å². The van der Waals surface area contributed by atoms with Crippen molar-refractivity contribution in [2.24, 2.45) is 0 Å². The molecule has 158 valence electrons. The summed E-state index contributed by atoms with van der Waals surface area (Å²) in [6.07, 6.45) is 0. The van der Waals surface area contributed by atoms with Gasteiger partial charge in [0.1, 0.15) is 22.8 Å². The van der Waals surface area contributed by atoms with E-state index in [0.717, 1.165) is 5.56 Å². The van der Waals surface area contributed by atoms with E-state index in [0.29, 0.717) is 22.9 Å². The number of benzene rings is 3. The second-order valence-electron chi connectivity index (χ2n) is 7.79. The summed E-state index contributed by atoms with van der Waals surface area (Å²) in [7, 11) is 1.55. The van der Waals surface area contributed by atoms with Crippen molar-refractivity contribution in [2.75, 3.05) is 12.0 Å². The lowest BCUT2D eigenvalue weighted by atomic mass is 10.0. The summed E-state index contributed by atoms with van der Waals surface area (Å²) in [5.41, 5.74) is 0.284. The van der Waals surface area contributed by atoms with Gasteiger partial charge in [-0.15, -0.1) is 0 Å². The molecule has 3 aromatic carbocycles. The Morgan fingerprint density at radius 2 is 1.52 bits per heavy atom. The molecule has 1 fully saturated rings. The highest BCUT2D eigenvalue weighted by molar-refractivity contribution is 6.23. The fourth-order valence-electron chi connectivity index (χ4n) is 3.60. The smallest absolute Gasteiger partial charge is 0.332 e. The number of methoxy groups -OCH3 is 1. The summed E-state index contributed by atoms with van der Waals surface area (Å²) >= 11 is 0. The van der Waals surface area contributed by atoms with Gasteiger partial charge in [0.05, 0.1) is 19.3 Å². The van der Waals surface area contributed by atoms with E-state index in [-0.39, 0.29) is 18.5 Å². The van der Waals surface area contributed by atoms with Gasteiger partial charge < -0.3 is 14.4 Å². The minimum absolute atomic E-state index is 0.237. The van der Waals surface area contributed by atoms with Crippen LogP contribution in [-0.4, -0.2) is 29.5 Å². The molecule has 3 amide bonds. The predicted molar refractivity (Wildman–Crippen MR) is 118 cm³/mol. The average molecular weight is 416 g/mol. The van der Waals surface area contributed by atoms with E-state index >= 15 is 0 Å². The third-order valence-corrected chi connectivity index (χ3v) is 5.41. The fraction of sp³-hybridized carbons (Fsp3) is 0.200. The van der Waals surface area contributed by atoms with Crippen molar-refractivity contribution in [1.29, 1.82) is 0 Å². The summed E-state index contributed by atoms with van der Waals surface area (Å²) in [5.74, 6) is 1.64. The number of hydrogen-bond acceptors (Lipinski definition) is 4. The third-order valence-electron chi connectivity index (χ3n) is 5.41. The van der Waals surface area contributed by atoms with Crippen LogP contribution in [0.4, 0.5) is 10.5 Å². The lowest BCUT2D eigenvalue weighted by Gasteiger charge is -2.28. The van der Waals surface area contributed by atoms with Crippen molar-refractivity contribution >= 4 is 17.6 Å². The van der Waals surface area contributed by atoms with Gasteiger partial charge in [0.2, 0.25) is 0 Å². The lowest BCUT2D eigenvalue weighted by molar-refractivity contribution is -0.123. The zero-order chi connectivity index (χ0) is 22.0. The van der Waals surface area contributed by atoms with Crippen molar-refractivity contribution in [3.63, 3.8) is 0 Å². The Kier molecular flexibility index (Phi) is 5.38. The average Bonchev–Trinajstić information content (AvgIpc) is 2.95. The maximum absolute atomic E-state index is 13.4. The van der Waals surface area contributed by atoms with E-state index in [9.17, 15) is 9.59 Å². The van der Waals surface area contributed by atoms with Crippen LogP contribution < -0.4 is 14.4 Å². The summed E-state index contributed by atoms with van der Waals surface area (Å²) in [6, 6.07) is 23.6. The first-order valence-electron chi connectivity index (χ1n) is 10.0. The van der Waals surface area contributed by atoms with Crippen LogP contribution in [0.1, 0.15) is 19.4 Å². The van der Waals surface area contributed by atoms with Crippen molar-refractivity contribution in [2.45, 2.75) is 25.9 Å². The van der Waals surface area contributed by atoms with Gasteiger partial charge in [0.15, 0.2) is 0 Å². The molecule has 0 unspecified atom stereocenters. The third kappa shape index (κ3) is 3.84. The maximum Gasteiger partial charge on any atom is 0.332 e. The SMILES string of the molecule is COc1cccc(N2C(=O)N(Cc3ccccc3Oc3ccccc3)C(C)(C)C2=O)c1. The Bertz CT molecular complexity index is 1110. The molecule has 1 heterocycles. The first kappa shape index (κ1) is 20.5. The normalized spacial score (nSPS) is 15.3. The second-order valence-corrected chi connectivity index (χ2v) is 7.79. The summed E-state index contributed by atoms with van der Waals surface area (Å²) < 4.78 is 11.3. The number of urea groups is 1. The van der Waals surface area contributed by atoms with Gasteiger partial charge in [-0.05, 0) is 44.2 Å². The van der Waals surface area contributed by atoms with Crippen LogP contribution in [0.2, 0.25) is 0 Å². The zero-order valence-electron chi connectivity index (χ0n) is 17.7. The Labute approximate surface area is 181 Å². The number of nitrogens with zero attached hydrogens (tertiary/aromatic N) is 2. The van der Waals surface area contributed by atoms with Gasteiger partial charge in [0.25, 0.3) is 5.91 Å². The van der Waals surface area contributed by atoms with Gasteiger partial charge in [0, 0.05) is 11.6 Å². The molecular weight excluding hydrogens is 392 g/mol. The minimum Gasteiger partial charge on any atom is -0.497 e. The van der Waals surface area contributed by atoms with Crippen LogP contribution in [0.15, 0.2) is 78.9 Å². The van der Waals surface area contributed by atoms with Gasteiger partial charge in [-0.25, -0.2) is 9.69 Å². The molecule has 0 radical (unpaired) electrons. The molecule has 1 aliphatic rings. The van der Waals surface area contributed by atoms with Crippen LogP contribution in [0, 0.1) is 0 Å². The molecule has 4 rings (SSSR count). The number of anilines is 1. The Balaban J connectivity index is 1.64. The topological polar surface area (TPSA) is 59.1 Å². The number of rotatable bonds is 6. The predicted octanol–water partition coefficient (Wildman–Crippen LogP) is 5.23. The second kappa shape index (κ2) is 8.14. The number of imide groups is 1. The molecule has 31 heavy (non-hydrogen) atoms. The first-order valence-corrected chi connectivity index (χ1v) is 10.0. The quantitative estimate of drug-likeness (QED) is 0.516. The van der Waals surface area contributed by atoms with Crippen molar-refractivity contribution in [3.8, 4) is 17.2 Å². The van der Waals surface area contributed by atoms with E-state index in [4.69, 9.17) is 9.47 Å². The molecule has 0 spiro atoms. The van der Waals surface area contributed by atoms with Gasteiger partial charge in [-0.3, -0.25) is 4.79 Å². The first-order chi connectivity index (χ1) is 14.9. The van der Waals surface area contributed by atoms with E-state index in [1.165, 1.54) is 4.90 Å². The van der Waals surface area contributed by atoms with Crippen molar-refractivity contribution in [1.82, 2.24) is 4.90 Å². The number of amides is 3. The molecule has 6 heteroatoms. The highest BCUT2D eigenvalue weighted by Gasteiger charge is 2.52. The number of para-hydroxylation sites is 2. The number of carbonyl (C=O) groups excluding carboxylic acids is 2. The van der Waals surface area contributed by atoms with Crippen LogP contribution >= 0.6 is 0 Å². The van der Waals surface area contributed by atoms with Crippen molar-refractivity contribution < 1.29 is 19.1 Å². The minimum atomic E-state index is -1.01. The summed E-state index contributed by atoms with van der Waals surface area (Å²) in [4.78, 5) is 29.3. The molecule has 3 aromatic rings. The van der Waals surface area contributed by atoms with Crippen LogP contribution in [-0.2, 0) is 11.3 Å². The molecule has 0 saturated carbocycles. The summed E-state index contributed by atoms with van der Waals surface area (Å²) in [5, 5.41) is 0. The Morgan fingerprint density at radius 1 is 0.839 bits per heavy atom. The molecule has 6 nitrogen and oxygen atoms in total. The molecule has 1 aliphatic heterocycles. The number of hydrogen-bond donors (Lipinski definition) is 0. The monoisotopic (exact) mass is 416 g/mol. The maximum atomic E-state index is 13.4. The molecule has 1 saturated heterocycles. The molecule has 0 aromatic heterocycles. The Morgan fingerprint density at radius 3 is 2.26 bits per heavy atom. The standard InChI is InChI=1S/C25H24N2O4/c1-25(2)23(28)27(19-11-9-14-21(16-19)30-3)24(29)26(25)17-18-10-7-8-15-22(18)31-20-12-5-4-6-13-20/h4-16H,17H2,1-3H3. The van der Waals surface area contributed by atoms with E-state index in [1.54, 1.807) is 50.1 Å². The van der Waals surface area contributed by atoms with Gasteiger partial charge >= 0.3 is 6.03 Å². The van der Waals surface area contributed by atoms with Crippen LogP contribution in [0.5, 0.6) is 17.2 Å². The fourth-order valence-corrected chi connectivity index (χ4v) is 3.60. The van der Waals surface area contributed by atoms with E-state index in [2.05, 4.69) is 0 Å². The van der Waals surface area contributed by atoms with E-state index in [1.807, 2.05) is 54.6 Å². The van der Waals surface area contributed by atoms with Crippen molar-refractivity contribution in [3.05, 3.63) is 84.4 Å². The zero-order valence-corrected chi connectivity index (χ0v) is 17.7. The number of ether oxygens (including phenoxy) is 2. The van der Waals surface area contributed by atoms with Gasteiger partial charge in [-0.2, -0.15) is 0 Å². The molecule has 0 aliphatic carbocycles. The Hall–Kier alpha value is -3.80. The highest BCUT2D eigenvalue weighted by Crippen LogP contribution is 2.36. The molecule has 0 N–H and O–H groups in total. The highest BCUT2D eigenvalue weighted by atomic mass is 16.5. The van der Waals surface area contributed by atoms with Gasteiger partial charge in [-0.1, -0.05) is 42.5 Å². The number of carbonyl (C=O) groups is 2. The lowest BCUT2D eigenvalue weighted by Crippen LogP contribution is -2.43.